The van der Waals surface area contributed by atoms with E-state index < -0.39 is 5.92 Å². The molecule has 17 heavy (non-hydrogen) atoms. The van der Waals surface area contributed by atoms with Gasteiger partial charge in [-0.3, -0.25) is 0 Å². The number of rotatable bonds is 2. The highest BCUT2D eigenvalue weighted by Gasteiger charge is 2.17. The highest BCUT2D eigenvalue weighted by molar-refractivity contribution is 5.40. The second kappa shape index (κ2) is 4.75. The van der Waals surface area contributed by atoms with Crippen LogP contribution >= 0.6 is 0 Å². The molecule has 0 spiro atoms. The molecule has 0 bridgehead atoms. The molecule has 2 rings (SSSR count). The van der Waals surface area contributed by atoms with E-state index in [2.05, 4.69) is 16.0 Å². The third kappa shape index (κ3) is 2.31. The summed E-state index contributed by atoms with van der Waals surface area (Å²) in [5, 5.41) is 9.32. The van der Waals surface area contributed by atoms with Crippen molar-refractivity contribution in [2.45, 2.75) is 19.8 Å². The van der Waals surface area contributed by atoms with E-state index in [1.54, 1.807) is 18.5 Å². The molecule has 0 fully saturated rings. The molecule has 0 aliphatic heterocycles. The molecule has 0 aliphatic carbocycles. The zero-order valence-corrected chi connectivity index (χ0v) is 9.88. The van der Waals surface area contributed by atoms with Gasteiger partial charge in [-0.25, -0.2) is 9.97 Å². The van der Waals surface area contributed by atoms with Crippen LogP contribution in [0.15, 0.2) is 36.7 Å². The van der Waals surface area contributed by atoms with Gasteiger partial charge in [0, 0.05) is 12.4 Å². The van der Waals surface area contributed by atoms with Crippen molar-refractivity contribution >= 4 is 0 Å². The normalized spacial score (nSPS) is 11.8. The van der Waals surface area contributed by atoms with E-state index in [9.17, 15) is 5.26 Å². The quantitative estimate of drug-likeness (QED) is 0.786. The molecule has 84 valence electrons. The Labute approximate surface area is 101 Å². The Bertz CT molecular complexity index is 555. The molecule has 1 heterocycles. The summed E-state index contributed by atoms with van der Waals surface area (Å²) < 4.78 is 0. The van der Waals surface area contributed by atoms with E-state index in [1.807, 2.05) is 32.0 Å². The summed E-state index contributed by atoms with van der Waals surface area (Å²) in [5.74, 6) is 0.166. The molecule has 1 unspecified atom stereocenters. The van der Waals surface area contributed by atoms with Crippen molar-refractivity contribution in [2.24, 2.45) is 0 Å². The summed E-state index contributed by atoms with van der Waals surface area (Å²) in [6.07, 6.45) is 3.33. The molecule has 1 aromatic carbocycles. The lowest BCUT2D eigenvalue weighted by Crippen LogP contribution is -2.05. The summed E-state index contributed by atoms with van der Waals surface area (Å²) in [4.78, 5) is 8.33. The Hall–Kier alpha value is -2.21. The van der Waals surface area contributed by atoms with Crippen LogP contribution in [0.2, 0.25) is 0 Å². The smallest absolute Gasteiger partial charge is 0.149 e. The maximum absolute atomic E-state index is 9.32. The summed E-state index contributed by atoms with van der Waals surface area (Å²) in [6.45, 7) is 4.02. The zero-order valence-electron chi connectivity index (χ0n) is 9.88. The van der Waals surface area contributed by atoms with Gasteiger partial charge in [-0.1, -0.05) is 23.8 Å². The van der Waals surface area contributed by atoms with Gasteiger partial charge in [0.25, 0.3) is 0 Å². The van der Waals surface area contributed by atoms with Crippen LogP contribution in [0.4, 0.5) is 0 Å². The van der Waals surface area contributed by atoms with Gasteiger partial charge in [-0.05, 0) is 31.0 Å². The first kappa shape index (κ1) is 11.3. The molecular formula is C14H13N3. The van der Waals surface area contributed by atoms with Gasteiger partial charge in [0.05, 0.1) is 6.07 Å². The van der Waals surface area contributed by atoms with Crippen LogP contribution in [0.1, 0.15) is 28.4 Å². The highest BCUT2D eigenvalue weighted by atomic mass is 14.9. The van der Waals surface area contributed by atoms with Gasteiger partial charge < -0.3 is 0 Å². The maximum atomic E-state index is 9.32. The fourth-order valence-corrected chi connectivity index (χ4v) is 1.80. The van der Waals surface area contributed by atoms with Gasteiger partial charge in [-0.2, -0.15) is 5.26 Å². The fraction of sp³-hybridized carbons (Fsp3) is 0.214. The Morgan fingerprint density at radius 1 is 1.18 bits per heavy atom. The lowest BCUT2D eigenvalue weighted by atomic mass is 9.93. The number of nitrogens with zero attached hydrogens (tertiary/aromatic N) is 3. The minimum Gasteiger partial charge on any atom is -0.240 e. The molecule has 2 aromatic rings. The lowest BCUT2D eigenvalue weighted by Gasteiger charge is -2.11. The molecule has 0 saturated carbocycles. The maximum Gasteiger partial charge on any atom is 0.149 e. The molecule has 1 atom stereocenters. The van der Waals surface area contributed by atoms with E-state index in [4.69, 9.17) is 0 Å². The first-order chi connectivity index (χ1) is 8.22. The van der Waals surface area contributed by atoms with Crippen molar-refractivity contribution in [1.82, 2.24) is 9.97 Å². The lowest BCUT2D eigenvalue weighted by molar-refractivity contribution is 0.881. The van der Waals surface area contributed by atoms with Crippen molar-refractivity contribution in [3.05, 3.63) is 59.2 Å². The number of nitriles is 1. The van der Waals surface area contributed by atoms with E-state index in [-0.39, 0.29) is 0 Å². The molecule has 0 saturated heterocycles. The standard InChI is InChI=1S/C14H13N3/c1-10-4-5-11(2)12(8-10)13(9-15)14-16-6-3-7-17-14/h3-8,13H,1-2H3. The minimum absolute atomic E-state index is 0.393. The molecular weight excluding hydrogens is 210 g/mol. The summed E-state index contributed by atoms with van der Waals surface area (Å²) >= 11 is 0. The molecule has 0 N–H and O–H groups in total. The van der Waals surface area contributed by atoms with E-state index >= 15 is 0 Å². The summed E-state index contributed by atoms with van der Waals surface area (Å²) in [5.41, 5.74) is 3.22. The van der Waals surface area contributed by atoms with Crippen LogP contribution in [-0.4, -0.2) is 9.97 Å². The Balaban J connectivity index is 2.51. The monoisotopic (exact) mass is 223 g/mol. The first-order valence-corrected chi connectivity index (χ1v) is 5.46. The Morgan fingerprint density at radius 3 is 2.53 bits per heavy atom. The molecule has 0 aliphatic rings. The van der Waals surface area contributed by atoms with Crippen molar-refractivity contribution in [3.8, 4) is 6.07 Å². The molecule has 3 heteroatoms. The van der Waals surface area contributed by atoms with Gasteiger partial charge >= 0.3 is 0 Å². The van der Waals surface area contributed by atoms with Crippen molar-refractivity contribution in [2.75, 3.05) is 0 Å². The SMILES string of the molecule is Cc1ccc(C)c(C(C#N)c2ncccn2)c1. The number of hydrogen-bond acceptors (Lipinski definition) is 3. The van der Waals surface area contributed by atoms with Gasteiger partial charge in [0.15, 0.2) is 0 Å². The topological polar surface area (TPSA) is 49.6 Å². The molecule has 0 amide bonds. The molecule has 3 nitrogen and oxygen atoms in total. The third-order valence-electron chi connectivity index (χ3n) is 2.72. The average Bonchev–Trinajstić information content (AvgIpc) is 2.36. The van der Waals surface area contributed by atoms with Gasteiger partial charge in [-0.15, -0.1) is 0 Å². The summed E-state index contributed by atoms with van der Waals surface area (Å²) in [6, 6.07) is 10.1. The molecule has 0 radical (unpaired) electrons. The van der Waals surface area contributed by atoms with Crippen molar-refractivity contribution in [1.29, 1.82) is 5.26 Å². The Morgan fingerprint density at radius 2 is 1.88 bits per heavy atom. The summed E-state index contributed by atoms with van der Waals surface area (Å²) in [7, 11) is 0. The number of hydrogen-bond donors (Lipinski definition) is 0. The third-order valence-corrected chi connectivity index (χ3v) is 2.72. The van der Waals surface area contributed by atoms with E-state index in [0.717, 1.165) is 16.7 Å². The highest BCUT2D eigenvalue weighted by Crippen LogP contribution is 2.24. The van der Waals surface area contributed by atoms with Crippen LogP contribution in [-0.2, 0) is 0 Å². The van der Waals surface area contributed by atoms with Crippen LogP contribution in [0.25, 0.3) is 0 Å². The van der Waals surface area contributed by atoms with Crippen molar-refractivity contribution < 1.29 is 0 Å². The van der Waals surface area contributed by atoms with Crippen LogP contribution in [0.3, 0.4) is 0 Å². The van der Waals surface area contributed by atoms with Crippen molar-refractivity contribution in [3.63, 3.8) is 0 Å². The Kier molecular flexibility index (Phi) is 3.15. The van der Waals surface area contributed by atoms with Crippen LogP contribution in [0.5, 0.6) is 0 Å². The second-order valence-corrected chi connectivity index (χ2v) is 4.03. The van der Waals surface area contributed by atoms with Crippen LogP contribution in [0, 0.1) is 25.2 Å². The minimum atomic E-state index is -0.393. The van der Waals surface area contributed by atoms with E-state index in [0.29, 0.717) is 5.82 Å². The predicted molar refractivity (Wildman–Crippen MR) is 65.4 cm³/mol. The largest absolute Gasteiger partial charge is 0.240 e. The fourth-order valence-electron chi connectivity index (χ4n) is 1.80. The zero-order chi connectivity index (χ0) is 12.3. The van der Waals surface area contributed by atoms with E-state index in [1.165, 1.54) is 0 Å². The number of aromatic nitrogens is 2. The van der Waals surface area contributed by atoms with Gasteiger partial charge in [0.2, 0.25) is 0 Å². The number of benzene rings is 1. The first-order valence-electron chi connectivity index (χ1n) is 5.46. The predicted octanol–water partition coefficient (Wildman–Crippen LogP) is 2.75. The average molecular weight is 223 g/mol. The number of aryl methyl sites for hydroxylation is 2. The second-order valence-electron chi connectivity index (χ2n) is 4.03. The molecule has 1 aromatic heterocycles. The van der Waals surface area contributed by atoms with Crippen LogP contribution < -0.4 is 0 Å². The van der Waals surface area contributed by atoms with Gasteiger partial charge in [0.1, 0.15) is 11.7 Å².